The van der Waals surface area contributed by atoms with Gasteiger partial charge in [-0.25, -0.2) is 9.67 Å². The van der Waals surface area contributed by atoms with Crippen LogP contribution in [-0.4, -0.2) is 20.7 Å². The predicted molar refractivity (Wildman–Crippen MR) is 93.1 cm³/mol. The summed E-state index contributed by atoms with van der Waals surface area (Å²) in [6, 6.07) is 5.78. The molecular formula is C16H12ClF3N4OS. The number of aryl methyl sites for hydroxylation is 2. The minimum absolute atomic E-state index is 0.102. The molecule has 0 aliphatic heterocycles. The van der Waals surface area contributed by atoms with Gasteiger partial charge in [0.15, 0.2) is 10.8 Å². The van der Waals surface area contributed by atoms with Gasteiger partial charge in [0.2, 0.25) is 0 Å². The number of rotatable bonds is 3. The molecule has 0 atom stereocenters. The molecule has 0 saturated heterocycles. The zero-order chi connectivity index (χ0) is 19.1. The Morgan fingerprint density at radius 3 is 2.62 bits per heavy atom. The second kappa shape index (κ2) is 6.73. The van der Waals surface area contributed by atoms with Crippen molar-refractivity contribution in [3.63, 3.8) is 0 Å². The van der Waals surface area contributed by atoms with Crippen molar-refractivity contribution in [2.75, 3.05) is 5.32 Å². The number of thiazole rings is 1. The Labute approximate surface area is 155 Å². The van der Waals surface area contributed by atoms with Crippen LogP contribution in [0, 0.1) is 13.8 Å². The van der Waals surface area contributed by atoms with E-state index in [-0.39, 0.29) is 15.8 Å². The van der Waals surface area contributed by atoms with E-state index in [2.05, 4.69) is 15.4 Å². The van der Waals surface area contributed by atoms with E-state index in [0.717, 1.165) is 11.1 Å². The van der Waals surface area contributed by atoms with Crippen LogP contribution in [0.2, 0.25) is 5.02 Å². The number of nitrogens with one attached hydrogen (secondary N) is 1. The molecule has 0 aliphatic rings. The van der Waals surface area contributed by atoms with E-state index in [1.807, 2.05) is 0 Å². The van der Waals surface area contributed by atoms with Crippen LogP contribution in [0.15, 0.2) is 30.5 Å². The molecule has 2 heterocycles. The quantitative estimate of drug-likeness (QED) is 0.682. The van der Waals surface area contributed by atoms with Gasteiger partial charge in [0.1, 0.15) is 0 Å². The number of carbonyl (C=O) groups excluding carboxylic acids is 1. The molecule has 10 heteroatoms. The third-order valence-electron chi connectivity index (χ3n) is 3.58. The smallest absolute Gasteiger partial charge is 0.298 e. The monoisotopic (exact) mass is 400 g/mol. The highest BCUT2D eigenvalue weighted by Gasteiger charge is 2.40. The zero-order valence-corrected chi connectivity index (χ0v) is 15.1. The molecule has 3 aromatic rings. The lowest BCUT2D eigenvalue weighted by atomic mass is 10.2. The number of nitrogens with zero attached hydrogens (tertiary/aromatic N) is 3. The van der Waals surface area contributed by atoms with Gasteiger partial charge in [-0.3, -0.25) is 10.1 Å². The molecule has 5 nitrogen and oxygen atoms in total. The summed E-state index contributed by atoms with van der Waals surface area (Å²) in [5.74, 6) is -0.931. The van der Waals surface area contributed by atoms with Gasteiger partial charge in [-0.1, -0.05) is 17.7 Å². The molecular weight excluding hydrogens is 389 g/mol. The molecule has 1 aromatic carbocycles. The summed E-state index contributed by atoms with van der Waals surface area (Å²) < 4.78 is 41.5. The maximum atomic E-state index is 13.6. The number of hydrogen-bond acceptors (Lipinski definition) is 4. The molecule has 0 aliphatic carbocycles. The first-order chi connectivity index (χ1) is 12.2. The van der Waals surface area contributed by atoms with E-state index in [4.69, 9.17) is 11.6 Å². The fourth-order valence-corrected chi connectivity index (χ4v) is 3.28. The second-order valence-corrected chi connectivity index (χ2v) is 7.05. The van der Waals surface area contributed by atoms with Gasteiger partial charge in [0, 0.05) is 9.90 Å². The highest BCUT2D eigenvalue weighted by Crippen LogP contribution is 2.34. The minimum Gasteiger partial charge on any atom is -0.298 e. The normalized spacial score (nSPS) is 11.6. The minimum atomic E-state index is -4.79. The molecule has 0 saturated carbocycles. The van der Waals surface area contributed by atoms with Crippen LogP contribution >= 0.6 is 22.9 Å². The second-order valence-electron chi connectivity index (χ2n) is 5.41. The van der Waals surface area contributed by atoms with E-state index in [9.17, 15) is 18.0 Å². The van der Waals surface area contributed by atoms with Crippen LogP contribution in [-0.2, 0) is 6.18 Å². The van der Waals surface area contributed by atoms with Crippen molar-refractivity contribution in [1.29, 1.82) is 0 Å². The van der Waals surface area contributed by atoms with Gasteiger partial charge < -0.3 is 0 Å². The number of halogens is 4. The van der Waals surface area contributed by atoms with Crippen molar-refractivity contribution in [2.45, 2.75) is 20.0 Å². The van der Waals surface area contributed by atoms with E-state index in [1.165, 1.54) is 35.6 Å². The van der Waals surface area contributed by atoms with E-state index in [1.54, 1.807) is 13.8 Å². The summed E-state index contributed by atoms with van der Waals surface area (Å²) in [6.07, 6.45) is -3.91. The van der Waals surface area contributed by atoms with Crippen molar-refractivity contribution >= 4 is 34.0 Å². The van der Waals surface area contributed by atoms with Crippen LogP contribution in [0.5, 0.6) is 0 Å². The Hall–Kier alpha value is -2.39. The number of carbonyl (C=O) groups is 1. The van der Waals surface area contributed by atoms with E-state index < -0.39 is 23.3 Å². The van der Waals surface area contributed by atoms with Crippen molar-refractivity contribution < 1.29 is 18.0 Å². The summed E-state index contributed by atoms with van der Waals surface area (Å²) >= 11 is 7.03. The lowest BCUT2D eigenvalue weighted by Gasteiger charge is -2.12. The van der Waals surface area contributed by atoms with Gasteiger partial charge in [0.25, 0.3) is 5.91 Å². The van der Waals surface area contributed by atoms with Crippen LogP contribution in [0.25, 0.3) is 5.69 Å². The SMILES string of the molecule is Cc1nc(NC(=O)c2cnn(-c3cccc(Cl)c3)c2C(F)(F)F)sc1C. The number of aromatic nitrogens is 3. The Morgan fingerprint density at radius 2 is 2.04 bits per heavy atom. The van der Waals surface area contributed by atoms with Gasteiger partial charge in [0.05, 0.1) is 23.1 Å². The average Bonchev–Trinajstić information content (AvgIpc) is 3.11. The lowest BCUT2D eigenvalue weighted by Crippen LogP contribution is -2.20. The first-order valence-electron chi connectivity index (χ1n) is 7.33. The van der Waals surface area contributed by atoms with Crippen molar-refractivity contribution in [3.8, 4) is 5.69 Å². The maximum absolute atomic E-state index is 13.6. The molecule has 0 fully saturated rings. The molecule has 2 aromatic heterocycles. The number of benzene rings is 1. The van der Waals surface area contributed by atoms with Crippen LogP contribution < -0.4 is 5.32 Å². The third-order valence-corrected chi connectivity index (χ3v) is 4.81. The number of hydrogen-bond donors (Lipinski definition) is 1. The molecule has 26 heavy (non-hydrogen) atoms. The van der Waals surface area contributed by atoms with Crippen molar-refractivity contribution in [2.24, 2.45) is 0 Å². The molecule has 1 amide bonds. The molecule has 136 valence electrons. The van der Waals surface area contributed by atoms with Crippen LogP contribution in [0.1, 0.15) is 26.6 Å². The average molecular weight is 401 g/mol. The summed E-state index contributed by atoms with van der Waals surface area (Å²) in [6.45, 7) is 3.56. The van der Waals surface area contributed by atoms with Gasteiger partial charge in [-0.2, -0.15) is 18.3 Å². The molecule has 0 radical (unpaired) electrons. The van der Waals surface area contributed by atoms with Crippen LogP contribution in [0.4, 0.5) is 18.3 Å². The zero-order valence-electron chi connectivity index (χ0n) is 13.6. The van der Waals surface area contributed by atoms with Gasteiger partial charge >= 0.3 is 6.18 Å². The lowest BCUT2D eigenvalue weighted by molar-refractivity contribution is -0.143. The Kier molecular flexibility index (Phi) is 4.76. The standard InChI is InChI=1S/C16H12ClF3N4OS/c1-8-9(2)26-15(22-8)23-14(25)12-7-21-24(13(12)16(18,19)20)11-5-3-4-10(17)6-11/h3-7H,1-2H3,(H,22,23,25). The first kappa shape index (κ1) is 18.4. The van der Waals surface area contributed by atoms with E-state index in [0.29, 0.717) is 10.4 Å². The number of amides is 1. The molecule has 0 unspecified atom stereocenters. The third kappa shape index (κ3) is 3.58. The maximum Gasteiger partial charge on any atom is 0.434 e. The highest BCUT2D eigenvalue weighted by atomic mass is 35.5. The topological polar surface area (TPSA) is 59.8 Å². The Morgan fingerprint density at radius 1 is 1.31 bits per heavy atom. The first-order valence-corrected chi connectivity index (χ1v) is 8.53. The summed E-state index contributed by atoms with van der Waals surface area (Å²) in [4.78, 5) is 17.4. The van der Waals surface area contributed by atoms with Crippen molar-refractivity contribution in [1.82, 2.24) is 14.8 Å². The Bertz CT molecular complexity index is 961. The fourth-order valence-electron chi connectivity index (χ4n) is 2.28. The van der Waals surface area contributed by atoms with E-state index >= 15 is 0 Å². The largest absolute Gasteiger partial charge is 0.434 e. The van der Waals surface area contributed by atoms with Crippen LogP contribution in [0.3, 0.4) is 0 Å². The Balaban J connectivity index is 2.03. The van der Waals surface area contributed by atoms with Gasteiger partial charge in [-0.15, -0.1) is 11.3 Å². The highest BCUT2D eigenvalue weighted by molar-refractivity contribution is 7.15. The molecule has 0 spiro atoms. The summed E-state index contributed by atoms with van der Waals surface area (Å²) in [7, 11) is 0. The fraction of sp³-hybridized carbons (Fsp3) is 0.188. The summed E-state index contributed by atoms with van der Waals surface area (Å²) in [5, 5.41) is 6.62. The molecule has 3 rings (SSSR count). The summed E-state index contributed by atoms with van der Waals surface area (Å²) in [5.41, 5.74) is -0.967. The van der Waals surface area contributed by atoms with Crippen molar-refractivity contribution in [3.05, 3.63) is 57.3 Å². The number of anilines is 1. The van der Waals surface area contributed by atoms with Gasteiger partial charge in [-0.05, 0) is 32.0 Å². The predicted octanol–water partition coefficient (Wildman–Crippen LogP) is 4.87. The number of alkyl halides is 3. The molecule has 1 N–H and O–H groups in total. The molecule has 0 bridgehead atoms.